The number of hydrogen-bond acceptors (Lipinski definition) is 3. The minimum atomic E-state index is -0.670. The maximum Gasteiger partial charge on any atom is 0.249 e. The molecular weight excluding hydrogens is 338 g/mol. The second-order valence-electron chi connectivity index (χ2n) is 5.77. The van der Waals surface area contributed by atoms with E-state index in [0.717, 1.165) is 11.3 Å². The van der Waals surface area contributed by atoms with Gasteiger partial charge in [-0.1, -0.05) is 48.5 Å². The van der Waals surface area contributed by atoms with Crippen LogP contribution in [0.4, 0.5) is 5.69 Å². The van der Waals surface area contributed by atoms with Crippen molar-refractivity contribution in [1.29, 1.82) is 0 Å². The van der Waals surface area contributed by atoms with E-state index >= 15 is 0 Å². The van der Waals surface area contributed by atoms with Gasteiger partial charge in [0.2, 0.25) is 11.8 Å². The van der Waals surface area contributed by atoms with Crippen molar-refractivity contribution < 1.29 is 9.59 Å². The Morgan fingerprint density at radius 1 is 1.04 bits per heavy atom. The minimum absolute atomic E-state index is 0. The molecule has 0 saturated carbocycles. The van der Waals surface area contributed by atoms with Gasteiger partial charge in [-0.25, -0.2) is 0 Å². The number of para-hydroxylation sites is 1. The molecule has 25 heavy (non-hydrogen) atoms. The van der Waals surface area contributed by atoms with E-state index < -0.39 is 12.1 Å². The van der Waals surface area contributed by atoms with Crippen LogP contribution in [0.25, 0.3) is 0 Å². The van der Waals surface area contributed by atoms with E-state index in [-0.39, 0.29) is 24.2 Å². The van der Waals surface area contributed by atoms with Gasteiger partial charge in [0.25, 0.3) is 0 Å². The first-order valence-electron chi connectivity index (χ1n) is 7.91. The number of benzene rings is 2. The van der Waals surface area contributed by atoms with Gasteiger partial charge in [-0.3, -0.25) is 9.59 Å². The molecule has 0 radical (unpaired) electrons. The quantitative estimate of drug-likeness (QED) is 0.827. The number of likely N-dealkylation sites (N-methyl/N-ethyl adjacent to an activating group) is 1. The van der Waals surface area contributed by atoms with Crippen LogP contribution in [0.3, 0.4) is 0 Å². The Hall–Kier alpha value is -2.37. The first-order chi connectivity index (χ1) is 11.5. The second-order valence-corrected chi connectivity index (χ2v) is 5.77. The Morgan fingerprint density at radius 3 is 2.08 bits per heavy atom. The van der Waals surface area contributed by atoms with Crippen molar-refractivity contribution in [3.8, 4) is 0 Å². The normalized spacial score (nSPS) is 12.4. The monoisotopic (exact) mass is 361 g/mol. The summed E-state index contributed by atoms with van der Waals surface area (Å²) in [5.41, 5.74) is 7.38. The van der Waals surface area contributed by atoms with Crippen LogP contribution in [0, 0.1) is 0 Å². The van der Waals surface area contributed by atoms with Crippen LogP contribution >= 0.6 is 12.4 Å². The molecule has 0 aliphatic rings. The van der Waals surface area contributed by atoms with Gasteiger partial charge >= 0.3 is 0 Å². The molecule has 2 atom stereocenters. The Labute approximate surface area is 154 Å². The SMILES string of the molecule is C[C@@H](N)C(=O)N[C@@H](Cc1ccccc1)C(=O)N(C)c1ccccc1.Cl. The van der Waals surface area contributed by atoms with Crippen LogP contribution in [0.5, 0.6) is 0 Å². The third-order valence-corrected chi connectivity index (χ3v) is 3.78. The van der Waals surface area contributed by atoms with Crippen LogP contribution in [-0.4, -0.2) is 30.9 Å². The third-order valence-electron chi connectivity index (χ3n) is 3.78. The number of nitrogens with one attached hydrogen (secondary N) is 1. The summed E-state index contributed by atoms with van der Waals surface area (Å²) in [7, 11) is 1.70. The van der Waals surface area contributed by atoms with Crippen LogP contribution in [0.1, 0.15) is 12.5 Å². The molecule has 3 N–H and O–H groups in total. The molecule has 0 saturated heterocycles. The first kappa shape index (κ1) is 20.7. The highest BCUT2D eigenvalue weighted by atomic mass is 35.5. The average Bonchev–Trinajstić information content (AvgIpc) is 2.61. The highest BCUT2D eigenvalue weighted by Crippen LogP contribution is 2.14. The summed E-state index contributed by atoms with van der Waals surface area (Å²) in [5, 5.41) is 2.76. The van der Waals surface area contributed by atoms with E-state index in [1.165, 1.54) is 0 Å². The third kappa shape index (κ3) is 5.89. The molecular formula is C19H24ClN3O2. The molecule has 2 aromatic carbocycles. The fraction of sp³-hybridized carbons (Fsp3) is 0.263. The molecule has 0 fully saturated rings. The van der Waals surface area contributed by atoms with Gasteiger partial charge in [-0.15, -0.1) is 12.4 Å². The molecule has 0 spiro atoms. The Balaban J connectivity index is 0.00000312. The zero-order valence-corrected chi connectivity index (χ0v) is 15.2. The van der Waals surface area contributed by atoms with Gasteiger partial charge in [0, 0.05) is 19.2 Å². The number of anilines is 1. The molecule has 0 bridgehead atoms. The summed E-state index contributed by atoms with van der Waals surface area (Å²) in [5.74, 6) is -0.523. The lowest BCUT2D eigenvalue weighted by molar-refractivity contribution is -0.128. The predicted molar refractivity (Wildman–Crippen MR) is 103 cm³/mol. The molecule has 0 aliphatic heterocycles. The molecule has 2 rings (SSSR count). The van der Waals surface area contributed by atoms with Crippen molar-refractivity contribution in [3.05, 3.63) is 66.2 Å². The summed E-state index contributed by atoms with van der Waals surface area (Å²) in [4.78, 5) is 26.4. The summed E-state index contributed by atoms with van der Waals surface area (Å²) < 4.78 is 0. The van der Waals surface area contributed by atoms with E-state index in [1.807, 2.05) is 60.7 Å². The summed E-state index contributed by atoms with van der Waals surface area (Å²) in [6.07, 6.45) is 0.412. The van der Waals surface area contributed by atoms with Crippen molar-refractivity contribution in [2.75, 3.05) is 11.9 Å². The van der Waals surface area contributed by atoms with E-state index in [0.29, 0.717) is 6.42 Å². The predicted octanol–water partition coefficient (Wildman–Crippen LogP) is 2.15. The van der Waals surface area contributed by atoms with Gasteiger partial charge in [0.15, 0.2) is 0 Å². The average molecular weight is 362 g/mol. The molecule has 0 aromatic heterocycles. The maximum atomic E-state index is 12.9. The minimum Gasteiger partial charge on any atom is -0.343 e. The summed E-state index contributed by atoms with van der Waals surface area (Å²) in [6, 6.07) is 17.6. The van der Waals surface area contributed by atoms with Crippen molar-refractivity contribution in [2.24, 2.45) is 5.73 Å². The molecule has 2 amide bonds. The van der Waals surface area contributed by atoms with Crippen LogP contribution in [0.15, 0.2) is 60.7 Å². The smallest absolute Gasteiger partial charge is 0.249 e. The van der Waals surface area contributed by atoms with Gasteiger partial charge in [-0.2, -0.15) is 0 Å². The molecule has 2 aromatic rings. The fourth-order valence-electron chi connectivity index (χ4n) is 2.37. The van der Waals surface area contributed by atoms with Gasteiger partial charge in [-0.05, 0) is 24.6 Å². The van der Waals surface area contributed by atoms with Crippen LogP contribution in [-0.2, 0) is 16.0 Å². The Kier molecular flexibility index (Phi) is 8.11. The van der Waals surface area contributed by atoms with Crippen molar-refractivity contribution in [1.82, 2.24) is 5.32 Å². The molecule has 0 aliphatic carbocycles. The largest absolute Gasteiger partial charge is 0.343 e. The topological polar surface area (TPSA) is 75.4 Å². The molecule has 0 unspecified atom stereocenters. The lowest BCUT2D eigenvalue weighted by atomic mass is 10.0. The highest BCUT2D eigenvalue weighted by Gasteiger charge is 2.26. The number of nitrogens with two attached hydrogens (primary N) is 1. The number of amides is 2. The number of hydrogen-bond donors (Lipinski definition) is 2. The molecule has 0 heterocycles. The van der Waals surface area contributed by atoms with Gasteiger partial charge in [0.05, 0.1) is 6.04 Å². The van der Waals surface area contributed by atoms with Gasteiger partial charge < -0.3 is 16.0 Å². The van der Waals surface area contributed by atoms with Crippen molar-refractivity contribution in [2.45, 2.75) is 25.4 Å². The summed E-state index contributed by atoms with van der Waals surface area (Å²) >= 11 is 0. The van der Waals surface area contributed by atoms with Crippen LogP contribution < -0.4 is 16.0 Å². The summed E-state index contributed by atoms with van der Waals surface area (Å²) in [6.45, 7) is 1.60. The molecule has 6 heteroatoms. The van der Waals surface area contributed by atoms with E-state index in [1.54, 1.807) is 18.9 Å². The lowest BCUT2D eigenvalue weighted by Crippen LogP contribution is -2.52. The fourth-order valence-corrected chi connectivity index (χ4v) is 2.37. The van der Waals surface area contributed by atoms with Crippen molar-refractivity contribution in [3.63, 3.8) is 0 Å². The zero-order chi connectivity index (χ0) is 17.5. The number of nitrogens with zero attached hydrogens (tertiary/aromatic N) is 1. The number of carbonyl (C=O) groups is 2. The maximum absolute atomic E-state index is 12.9. The Morgan fingerprint density at radius 2 is 1.56 bits per heavy atom. The number of rotatable bonds is 6. The number of carbonyl (C=O) groups excluding carboxylic acids is 2. The Bertz CT molecular complexity index is 678. The highest BCUT2D eigenvalue weighted by molar-refractivity contribution is 5.99. The standard InChI is InChI=1S/C19H23N3O2.ClH/c1-14(20)18(23)21-17(13-15-9-5-3-6-10-15)19(24)22(2)16-11-7-4-8-12-16;/h3-12,14,17H,13,20H2,1-2H3,(H,21,23);1H/t14-,17+;/m1./s1. The molecule has 5 nitrogen and oxygen atoms in total. The molecule has 134 valence electrons. The van der Waals surface area contributed by atoms with E-state index in [9.17, 15) is 9.59 Å². The second kappa shape index (κ2) is 9.81. The first-order valence-corrected chi connectivity index (χ1v) is 7.91. The van der Waals surface area contributed by atoms with Gasteiger partial charge in [0.1, 0.15) is 6.04 Å². The van der Waals surface area contributed by atoms with Crippen LogP contribution in [0.2, 0.25) is 0 Å². The lowest BCUT2D eigenvalue weighted by Gasteiger charge is -2.25. The number of halogens is 1. The van der Waals surface area contributed by atoms with Crippen molar-refractivity contribution >= 4 is 29.9 Å². The van der Waals surface area contributed by atoms with E-state index in [4.69, 9.17) is 5.73 Å². The van der Waals surface area contributed by atoms with E-state index in [2.05, 4.69) is 5.32 Å². The zero-order valence-electron chi connectivity index (χ0n) is 14.4.